The molecule has 14 heavy (non-hydrogen) atoms. The highest BCUT2D eigenvalue weighted by molar-refractivity contribution is 7.97. The summed E-state index contributed by atoms with van der Waals surface area (Å²) in [4.78, 5) is 11.2. The fourth-order valence-corrected chi connectivity index (χ4v) is 1.71. The van der Waals surface area contributed by atoms with Gasteiger partial charge in [0.2, 0.25) is 5.12 Å². The van der Waals surface area contributed by atoms with Gasteiger partial charge in [-0.05, 0) is 23.6 Å². The van der Waals surface area contributed by atoms with Gasteiger partial charge in [0.25, 0.3) is 0 Å². The molecule has 1 aromatic rings. The second-order valence-corrected chi connectivity index (χ2v) is 3.94. The van der Waals surface area contributed by atoms with Crippen LogP contribution in [0.5, 0.6) is 0 Å². The number of benzene rings is 1. The van der Waals surface area contributed by atoms with Gasteiger partial charge in [0.1, 0.15) is 0 Å². The number of nitrogens with two attached hydrogens (primary N) is 2. The first-order valence-corrected chi connectivity index (χ1v) is 4.80. The fourth-order valence-electron chi connectivity index (χ4n) is 1.52. The summed E-state index contributed by atoms with van der Waals surface area (Å²) in [5.74, 6) is 0.182. The van der Waals surface area contributed by atoms with Gasteiger partial charge in [-0.1, -0.05) is 13.8 Å². The van der Waals surface area contributed by atoms with E-state index in [1.165, 1.54) is 0 Å². The van der Waals surface area contributed by atoms with Crippen LogP contribution in [0.2, 0.25) is 0 Å². The molecule has 0 aliphatic heterocycles. The van der Waals surface area contributed by atoms with Gasteiger partial charge in [0, 0.05) is 16.9 Å². The van der Waals surface area contributed by atoms with Gasteiger partial charge in [-0.2, -0.15) is 0 Å². The molecule has 0 aromatic heterocycles. The predicted octanol–water partition coefficient (Wildman–Crippen LogP) is 2.04. The summed E-state index contributed by atoms with van der Waals surface area (Å²) >= 11 is 3.80. The molecule has 3 nitrogen and oxygen atoms in total. The van der Waals surface area contributed by atoms with E-state index in [1.807, 2.05) is 13.8 Å². The molecule has 0 saturated carbocycles. The van der Waals surface area contributed by atoms with Crippen molar-refractivity contribution >= 4 is 29.1 Å². The molecule has 0 aliphatic carbocycles. The lowest BCUT2D eigenvalue weighted by Gasteiger charge is -2.14. The molecule has 0 radical (unpaired) electrons. The molecule has 0 bridgehead atoms. The number of carbonyl (C=O) groups is 1. The zero-order valence-corrected chi connectivity index (χ0v) is 9.14. The quantitative estimate of drug-likeness (QED) is 0.517. The minimum atomic E-state index is -0.298. The van der Waals surface area contributed by atoms with Crippen molar-refractivity contribution in [3.63, 3.8) is 0 Å². The summed E-state index contributed by atoms with van der Waals surface area (Å²) in [6, 6.07) is 3.27. The summed E-state index contributed by atoms with van der Waals surface area (Å²) in [5, 5.41) is -0.298. The standard InChI is InChI=1S/C10H14N2OS/c1-5(2)9-7(10(13)14)3-6(11)4-8(9)12/h3-5H,11-12H2,1-2H3,(H,13,14). The number of thiol groups is 1. The molecule has 0 amide bonds. The van der Waals surface area contributed by atoms with Gasteiger partial charge in [0.05, 0.1) is 0 Å². The van der Waals surface area contributed by atoms with Crippen LogP contribution in [-0.4, -0.2) is 5.12 Å². The van der Waals surface area contributed by atoms with Crippen molar-refractivity contribution in [2.75, 3.05) is 11.5 Å². The Labute approximate surface area is 88.9 Å². The normalized spacial score (nSPS) is 10.6. The average Bonchev–Trinajstić information content (AvgIpc) is 2.01. The Hall–Kier alpha value is -1.16. The van der Waals surface area contributed by atoms with Crippen LogP contribution in [0.4, 0.5) is 11.4 Å². The zero-order chi connectivity index (χ0) is 10.9. The SMILES string of the molecule is CC(C)c1c(N)cc(N)cc1C(=O)S. The lowest BCUT2D eigenvalue weighted by molar-refractivity contribution is 0.109. The highest BCUT2D eigenvalue weighted by Gasteiger charge is 2.14. The Morgan fingerprint density at radius 3 is 2.36 bits per heavy atom. The Kier molecular flexibility index (Phi) is 3.06. The number of nitrogen functional groups attached to an aromatic ring is 2. The molecule has 0 atom stereocenters. The van der Waals surface area contributed by atoms with Crippen molar-refractivity contribution in [2.45, 2.75) is 19.8 Å². The van der Waals surface area contributed by atoms with Crippen LogP contribution in [0.15, 0.2) is 12.1 Å². The van der Waals surface area contributed by atoms with E-state index in [9.17, 15) is 4.79 Å². The van der Waals surface area contributed by atoms with E-state index in [-0.39, 0.29) is 11.0 Å². The van der Waals surface area contributed by atoms with E-state index in [1.54, 1.807) is 12.1 Å². The highest BCUT2D eigenvalue weighted by Crippen LogP contribution is 2.29. The van der Waals surface area contributed by atoms with E-state index >= 15 is 0 Å². The van der Waals surface area contributed by atoms with Crippen molar-refractivity contribution in [2.24, 2.45) is 0 Å². The Morgan fingerprint density at radius 1 is 1.36 bits per heavy atom. The average molecular weight is 210 g/mol. The molecule has 0 fully saturated rings. The van der Waals surface area contributed by atoms with Crippen LogP contribution in [0.25, 0.3) is 0 Å². The first-order valence-electron chi connectivity index (χ1n) is 4.35. The van der Waals surface area contributed by atoms with Gasteiger partial charge in [-0.15, -0.1) is 12.6 Å². The molecule has 0 saturated heterocycles. The maximum Gasteiger partial charge on any atom is 0.216 e. The van der Waals surface area contributed by atoms with Crippen molar-refractivity contribution in [3.8, 4) is 0 Å². The molecular weight excluding hydrogens is 196 g/mol. The number of hydrogen-bond acceptors (Lipinski definition) is 3. The summed E-state index contributed by atoms with van der Waals surface area (Å²) in [7, 11) is 0. The van der Waals surface area contributed by atoms with Crippen LogP contribution in [0.1, 0.15) is 35.7 Å². The number of rotatable bonds is 2. The third-order valence-corrected chi connectivity index (χ3v) is 2.28. The Bertz CT molecular complexity index is 375. The zero-order valence-electron chi connectivity index (χ0n) is 8.24. The van der Waals surface area contributed by atoms with Gasteiger partial charge >= 0.3 is 0 Å². The number of hydrogen-bond donors (Lipinski definition) is 3. The fraction of sp³-hybridized carbons (Fsp3) is 0.300. The van der Waals surface area contributed by atoms with Crippen LogP contribution in [-0.2, 0) is 0 Å². The molecule has 0 unspecified atom stereocenters. The van der Waals surface area contributed by atoms with Crippen molar-refractivity contribution in [1.29, 1.82) is 0 Å². The Morgan fingerprint density at radius 2 is 1.93 bits per heavy atom. The maximum absolute atomic E-state index is 11.2. The van der Waals surface area contributed by atoms with Crippen LogP contribution >= 0.6 is 12.6 Å². The minimum absolute atomic E-state index is 0.182. The van der Waals surface area contributed by atoms with E-state index in [4.69, 9.17) is 11.5 Å². The van der Waals surface area contributed by atoms with Gasteiger partial charge in [-0.25, -0.2) is 0 Å². The third-order valence-electron chi connectivity index (χ3n) is 2.04. The molecule has 0 spiro atoms. The van der Waals surface area contributed by atoms with Crippen LogP contribution in [0, 0.1) is 0 Å². The first-order chi connectivity index (χ1) is 6.43. The second-order valence-electron chi connectivity index (χ2n) is 3.53. The molecule has 0 aliphatic rings. The van der Waals surface area contributed by atoms with E-state index in [2.05, 4.69) is 12.6 Å². The predicted molar refractivity (Wildman–Crippen MR) is 62.7 cm³/mol. The largest absolute Gasteiger partial charge is 0.399 e. The molecule has 4 N–H and O–H groups in total. The summed E-state index contributed by atoms with van der Waals surface area (Å²) < 4.78 is 0. The van der Waals surface area contributed by atoms with Gasteiger partial charge in [-0.3, -0.25) is 4.79 Å². The van der Waals surface area contributed by atoms with Crippen LogP contribution in [0.3, 0.4) is 0 Å². The lowest BCUT2D eigenvalue weighted by atomic mass is 9.95. The minimum Gasteiger partial charge on any atom is -0.399 e. The molecule has 1 aromatic carbocycles. The second kappa shape index (κ2) is 3.92. The van der Waals surface area contributed by atoms with E-state index < -0.39 is 0 Å². The van der Waals surface area contributed by atoms with E-state index in [0.29, 0.717) is 16.9 Å². The van der Waals surface area contributed by atoms with Crippen molar-refractivity contribution < 1.29 is 4.79 Å². The summed E-state index contributed by atoms with van der Waals surface area (Å²) in [6.45, 7) is 3.95. The first kappa shape index (κ1) is 10.9. The smallest absolute Gasteiger partial charge is 0.216 e. The monoisotopic (exact) mass is 210 g/mol. The van der Waals surface area contributed by atoms with Crippen molar-refractivity contribution in [3.05, 3.63) is 23.3 Å². The lowest BCUT2D eigenvalue weighted by Crippen LogP contribution is -2.06. The topological polar surface area (TPSA) is 69.1 Å². The summed E-state index contributed by atoms with van der Waals surface area (Å²) in [5.41, 5.74) is 13.8. The number of carbonyl (C=O) groups excluding carboxylic acids is 1. The molecule has 4 heteroatoms. The molecule has 1 rings (SSSR count). The van der Waals surface area contributed by atoms with Gasteiger partial charge in [0.15, 0.2) is 0 Å². The molecule has 0 heterocycles. The van der Waals surface area contributed by atoms with Crippen LogP contribution < -0.4 is 11.5 Å². The Balaban J connectivity index is 3.44. The third kappa shape index (κ3) is 2.01. The van der Waals surface area contributed by atoms with E-state index in [0.717, 1.165) is 5.56 Å². The summed E-state index contributed by atoms with van der Waals surface area (Å²) in [6.07, 6.45) is 0. The number of anilines is 2. The van der Waals surface area contributed by atoms with Gasteiger partial charge < -0.3 is 11.5 Å². The maximum atomic E-state index is 11.2. The highest BCUT2D eigenvalue weighted by atomic mass is 32.1. The molecular formula is C10H14N2OS. The molecule has 76 valence electrons. The van der Waals surface area contributed by atoms with Crippen molar-refractivity contribution in [1.82, 2.24) is 0 Å².